The van der Waals surface area contributed by atoms with Crippen molar-refractivity contribution in [3.8, 4) is 0 Å². The normalized spacial score (nSPS) is 11.4. The number of para-hydroxylation sites is 1. The van der Waals surface area contributed by atoms with Crippen molar-refractivity contribution in [3.63, 3.8) is 0 Å². The van der Waals surface area contributed by atoms with E-state index in [1.807, 2.05) is 12.1 Å². The standard InChI is InChI=1S/C14H15N3/c1-2-5-11-14-9-6-3-4-7-10(9)16-12(14)8-13(15)17-11/h3-4,6-8,16H,2,5H2,1H3,(H2,15,17). The van der Waals surface area contributed by atoms with Crippen molar-refractivity contribution in [1.29, 1.82) is 0 Å². The minimum atomic E-state index is 0.590. The second kappa shape index (κ2) is 3.77. The molecule has 3 nitrogen and oxygen atoms in total. The number of nitrogens with one attached hydrogen (secondary N) is 1. The fourth-order valence-electron chi connectivity index (χ4n) is 2.39. The summed E-state index contributed by atoms with van der Waals surface area (Å²) in [6.07, 6.45) is 2.04. The Hall–Kier alpha value is -2.03. The third-order valence-electron chi connectivity index (χ3n) is 3.07. The molecule has 3 heteroatoms. The van der Waals surface area contributed by atoms with E-state index >= 15 is 0 Å². The van der Waals surface area contributed by atoms with E-state index in [-0.39, 0.29) is 0 Å². The van der Waals surface area contributed by atoms with Gasteiger partial charge >= 0.3 is 0 Å². The molecule has 86 valence electrons. The highest BCUT2D eigenvalue weighted by atomic mass is 14.9. The van der Waals surface area contributed by atoms with Gasteiger partial charge in [0.05, 0.1) is 11.2 Å². The first kappa shape index (κ1) is 10.1. The van der Waals surface area contributed by atoms with Crippen LogP contribution in [-0.4, -0.2) is 9.97 Å². The maximum Gasteiger partial charge on any atom is 0.125 e. The summed E-state index contributed by atoms with van der Waals surface area (Å²) < 4.78 is 0. The van der Waals surface area contributed by atoms with Gasteiger partial charge in [0.2, 0.25) is 0 Å². The highest BCUT2D eigenvalue weighted by molar-refractivity contribution is 6.08. The lowest BCUT2D eigenvalue weighted by Crippen LogP contribution is -1.96. The molecule has 0 fully saturated rings. The number of nitrogens with zero attached hydrogens (tertiary/aromatic N) is 1. The van der Waals surface area contributed by atoms with Crippen molar-refractivity contribution in [1.82, 2.24) is 9.97 Å². The fourth-order valence-corrected chi connectivity index (χ4v) is 2.39. The lowest BCUT2D eigenvalue weighted by molar-refractivity contribution is 0.896. The number of nitrogens with two attached hydrogens (primary N) is 1. The Balaban J connectivity index is 2.44. The summed E-state index contributed by atoms with van der Waals surface area (Å²) >= 11 is 0. The lowest BCUT2D eigenvalue weighted by atomic mass is 10.1. The van der Waals surface area contributed by atoms with Gasteiger partial charge in [0, 0.05) is 22.4 Å². The van der Waals surface area contributed by atoms with Crippen LogP contribution in [0.1, 0.15) is 19.0 Å². The van der Waals surface area contributed by atoms with Gasteiger partial charge in [-0.15, -0.1) is 0 Å². The Morgan fingerprint density at radius 2 is 2.06 bits per heavy atom. The Bertz CT molecular complexity index is 682. The van der Waals surface area contributed by atoms with E-state index in [0.29, 0.717) is 5.82 Å². The van der Waals surface area contributed by atoms with Crippen LogP contribution in [0.5, 0.6) is 0 Å². The minimum Gasteiger partial charge on any atom is -0.384 e. The van der Waals surface area contributed by atoms with Crippen LogP contribution in [0.3, 0.4) is 0 Å². The number of aryl methyl sites for hydroxylation is 1. The highest BCUT2D eigenvalue weighted by Gasteiger charge is 2.10. The Morgan fingerprint density at radius 1 is 1.24 bits per heavy atom. The summed E-state index contributed by atoms with van der Waals surface area (Å²) in [7, 11) is 0. The molecule has 0 aliphatic rings. The number of anilines is 1. The summed E-state index contributed by atoms with van der Waals surface area (Å²) in [5.74, 6) is 0.590. The van der Waals surface area contributed by atoms with Gasteiger partial charge in [-0.05, 0) is 12.5 Å². The fraction of sp³-hybridized carbons (Fsp3) is 0.214. The van der Waals surface area contributed by atoms with Crippen LogP contribution in [0, 0.1) is 0 Å². The number of rotatable bonds is 2. The van der Waals surface area contributed by atoms with E-state index in [9.17, 15) is 0 Å². The number of aromatic amines is 1. The Morgan fingerprint density at radius 3 is 2.88 bits per heavy atom. The van der Waals surface area contributed by atoms with Gasteiger partial charge in [-0.3, -0.25) is 0 Å². The van der Waals surface area contributed by atoms with Gasteiger partial charge in [0.15, 0.2) is 0 Å². The van der Waals surface area contributed by atoms with Crippen LogP contribution in [0.2, 0.25) is 0 Å². The zero-order valence-corrected chi connectivity index (χ0v) is 9.83. The second-order valence-electron chi connectivity index (χ2n) is 4.34. The maximum atomic E-state index is 5.85. The molecule has 0 saturated heterocycles. The molecule has 1 aromatic carbocycles. The molecule has 0 aliphatic heterocycles. The van der Waals surface area contributed by atoms with E-state index in [2.05, 4.69) is 35.1 Å². The largest absolute Gasteiger partial charge is 0.384 e. The molecule has 0 spiro atoms. The number of hydrogen-bond donors (Lipinski definition) is 2. The molecule has 0 bridgehead atoms. The Labute approximate surface area is 99.7 Å². The first-order valence-electron chi connectivity index (χ1n) is 5.95. The molecule has 2 aromatic heterocycles. The van der Waals surface area contributed by atoms with Gasteiger partial charge in [-0.2, -0.15) is 0 Å². The predicted octanol–water partition coefficient (Wildman–Crippen LogP) is 3.25. The van der Waals surface area contributed by atoms with Crippen LogP contribution < -0.4 is 5.73 Å². The molecule has 3 rings (SSSR count). The zero-order chi connectivity index (χ0) is 11.8. The molecule has 3 aromatic rings. The zero-order valence-electron chi connectivity index (χ0n) is 9.83. The summed E-state index contributed by atoms with van der Waals surface area (Å²) in [6.45, 7) is 2.16. The number of pyridine rings is 1. The van der Waals surface area contributed by atoms with Gasteiger partial charge in [0.1, 0.15) is 5.82 Å². The average Bonchev–Trinajstić information content (AvgIpc) is 2.67. The highest BCUT2D eigenvalue weighted by Crippen LogP contribution is 2.29. The van der Waals surface area contributed by atoms with Crippen LogP contribution in [0.25, 0.3) is 21.8 Å². The van der Waals surface area contributed by atoms with E-state index < -0.39 is 0 Å². The van der Waals surface area contributed by atoms with Crippen molar-refractivity contribution in [3.05, 3.63) is 36.0 Å². The number of benzene rings is 1. The smallest absolute Gasteiger partial charge is 0.125 e. The third kappa shape index (κ3) is 1.55. The molecule has 0 saturated carbocycles. The molecule has 0 unspecified atom stereocenters. The van der Waals surface area contributed by atoms with E-state index in [4.69, 9.17) is 5.73 Å². The molecule has 0 atom stereocenters. The van der Waals surface area contributed by atoms with Gasteiger partial charge < -0.3 is 10.7 Å². The molecule has 0 aliphatic carbocycles. The van der Waals surface area contributed by atoms with Crippen molar-refractivity contribution >= 4 is 27.6 Å². The molecule has 0 amide bonds. The summed E-state index contributed by atoms with van der Waals surface area (Å²) in [5.41, 5.74) is 9.17. The second-order valence-corrected chi connectivity index (χ2v) is 4.34. The quantitative estimate of drug-likeness (QED) is 0.703. The van der Waals surface area contributed by atoms with E-state index in [1.54, 1.807) is 0 Å². The Kier molecular flexibility index (Phi) is 2.25. The van der Waals surface area contributed by atoms with Gasteiger partial charge in [-0.25, -0.2) is 4.98 Å². The van der Waals surface area contributed by atoms with Crippen LogP contribution in [0.4, 0.5) is 5.82 Å². The van der Waals surface area contributed by atoms with Gasteiger partial charge in [0.25, 0.3) is 0 Å². The van der Waals surface area contributed by atoms with Crippen molar-refractivity contribution in [2.24, 2.45) is 0 Å². The number of aromatic nitrogens is 2. The summed E-state index contributed by atoms with van der Waals surface area (Å²) in [5, 5.41) is 2.45. The summed E-state index contributed by atoms with van der Waals surface area (Å²) in [6, 6.07) is 10.2. The number of fused-ring (bicyclic) bond motifs is 3. The van der Waals surface area contributed by atoms with E-state index in [0.717, 1.165) is 29.6 Å². The maximum absolute atomic E-state index is 5.85. The first-order chi connectivity index (χ1) is 8.29. The van der Waals surface area contributed by atoms with Crippen molar-refractivity contribution in [2.45, 2.75) is 19.8 Å². The average molecular weight is 225 g/mol. The van der Waals surface area contributed by atoms with Crippen LogP contribution >= 0.6 is 0 Å². The molecular weight excluding hydrogens is 210 g/mol. The molecule has 2 heterocycles. The third-order valence-corrected chi connectivity index (χ3v) is 3.07. The minimum absolute atomic E-state index is 0.590. The summed E-state index contributed by atoms with van der Waals surface area (Å²) in [4.78, 5) is 7.87. The molecule has 3 N–H and O–H groups in total. The number of H-pyrrole nitrogens is 1. The van der Waals surface area contributed by atoms with Crippen molar-refractivity contribution in [2.75, 3.05) is 5.73 Å². The first-order valence-corrected chi connectivity index (χ1v) is 5.95. The van der Waals surface area contributed by atoms with Crippen LogP contribution in [-0.2, 0) is 6.42 Å². The number of nitrogen functional groups attached to an aromatic ring is 1. The molecular formula is C14H15N3. The van der Waals surface area contributed by atoms with Crippen LogP contribution in [0.15, 0.2) is 30.3 Å². The molecule has 17 heavy (non-hydrogen) atoms. The topological polar surface area (TPSA) is 54.7 Å². The predicted molar refractivity (Wildman–Crippen MR) is 72.0 cm³/mol. The lowest BCUT2D eigenvalue weighted by Gasteiger charge is -2.03. The van der Waals surface area contributed by atoms with Crippen molar-refractivity contribution < 1.29 is 0 Å². The number of hydrogen-bond acceptors (Lipinski definition) is 2. The SMILES string of the molecule is CCCc1nc(N)cc2[nH]c3ccccc3c12. The van der Waals surface area contributed by atoms with E-state index in [1.165, 1.54) is 10.8 Å². The monoisotopic (exact) mass is 225 g/mol. The van der Waals surface area contributed by atoms with Gasteiger partial charge in [-0.1, -0.05) is 31.5 Å². The molecule has 0 radical (unpaired) electrons.